The molecule has 2 saturated heterocycles. The maximum Gasteiger partial charge on any atom is 0.296 e. The van der Waals surface area contributed by atoms with Crippen molar-refractivity contribution >= 4 is 17.7 Å². The number of morpholine rings is 1. The number of carbonyl (C=O) groups excluding carboxylic acids is 3. The lowest BCUT2D eigenvalue weighted by Crippen LogP contribution is -2.40. The van der Waals surface area contributed by atoms with E-state index in [2.05, 4.69) is 4.98 Å². The van der Waals surface area contributed by atoms with Crippen LogP contribution in [0.15, 0.2) is 30.3 Å². The molecule has 0 saturated carbocycles. The number of nitrogens with zero attached hydrogens (tertiary/aromatic N) is 3. The van der Waals surface area contributed by atoms with Crippen molar-refractivity contribution in [1.29, 1.82) is 0 Å². The minimum absolute atomic E-state index is 0.0557. The van der Waals surface area contributed by atoms with Crippen molar-refractivity contribution in [2.24, 2.45) is 5.92 Å². The van der Waals surface area contributed by atoms with Crippen LogP contribution in [0, 0.1) is 5.92 Å². The number of hydrogen-bond acceptors (Lipinski definition) is 7. The van der Waals surface area contributed by atoms with Crippen LogP contribution in [0.4, 0.5) is 0 Å². The maximum absolute atomic E-state index is 12.6. The van der Waals surface area contributed by atoms with Gasteiger partial charge in [-0.25, -0.2) is 0 Å². The Morgan fingerprint density at radius 2 is 1.83 bits per heavy atom. The van der Waals surface area contributed by atoms with Gasteiger partial charge >= 0.3 is 0 Å². The van der Waals surface area contributed by atoms with Crippen LogP contribution in [-0.4, -0.2) is 78.6 Å². The Bertz CT molecular complexity index is 827. The molecule has 3 aliphatic heterocycles. The Hall–Kier alpha value is -2.78. The highest BCUT2D eigenvalue weighted by atomic mass is 16.5. The Kier molecular flexibility index (Phi) is 5.86. The van der Waals surface area contributed by atoms with Gasteiger partial charge in [0, 0.05) is 39.0 Å². The van der Waals surface area contributed by atoms with Gasteiger partial charge in [0.15, 0.2) is 5.76 Å². The van der Waals surface area contributed by atoms with E-state index in [1.165, 1.54) is 29.4 Å². The second kappa shape index (κ2) is 8.71. The number of amides is 3. The highest BCUT2D eigenvalue weighted by molar-refractivity contribution is 6.15. The average molecular weight is 401 g/mol. The van der Waals surface area contributed by atoms with Crippen LogP contribution < -0.4 is 4.74 Å². The van der Waals surface area contributed by atoms with Crippen LogP contribution in [0.2, 0.25) is 0 Å². The first-order valence-corrected chi connectivity index (χ1v) is 9.77. The molecule has 0 aromatic carbocycles. The zero-order valence-corrected chi connectivity index (χ0v) is 16.0. The molecule has 0 bridgehead atoms. The zero-order valence-electron chi connectivity index (χ0n) is 16.0. The van der Waals surface area contributed by atoms with Crippen molar-refractivity contribution in [1.82, 2.24) is 14.8 Å². The lowest BCUT2D eigenvalue weighted by Gasteiger charge is -2.26. The summed E-state index contributed by atoms with van der Waals surface area (Å²) in [5, 5.41) is 0. The molecule has 9 nitrogen and oxygen atoms in total. The summed E-state index contributed by atoms with van der Waals surface area (Å²) in [6.45, 7) is 3.69. The standard InChI is InChI=1S/C20H23N3O6/c24-18-10-17(20(26)23(18)13-14-1-5-27-6-2-14)29-16-9-15(11-21-12-16)19(25)22-3-7-28-8-4-22/h9-12,14H,1-8,13H2. The van der Waals surface area contributed by atoms with Gasteiger partial charge in [-0.05, 0) is 24.8 Å². The molecular weight excluding hydrogens is 378 g/mol. The summed E-state index contributed by atoms with van der Waals surface area (Å²) < 4.78 is 16.2. The van der Waals surface area contributed by atoms with Gasteiger partial charge in [0.2, 0.25) is 0 Å². The van der Waals surface area contributed by atoms with Crippen molar-refractivity contribution in [2.45, 2.75) is 12.8 Å². The van der Waals surface area contributed by atoms with Gasteiger partial charge in [0.25, 0.3) is 17.7 Å². The number of rotatable bonds is 5. The summed E-state index contributed by atoms with van der Waals surface area (Å²) in [6, 6.07) is 1.53. The molecule has 2 fully saturated rings. The van der Waals surface area contributed by atoms with E-state index in [-0.39, 0.29) is 29.2 Å². The van der Waals surface area contributed by atoms with Crippen LogP contribution in [-0.2, 0) is 19.1 Å². The lowest BCUT2D eigenvalue weighted by molar-refractivity contribution is -0.139. The van der Waals surface area contributed by atoms with E-state index in [0.29, 0.717) is 51.6 Å². The third-order valence-corrected chi connectivity index (χ3v) is 5.24. The summed E-state index contributed by atoms with van der Waals surface area (Å²) in [5.74, 6) is -0.601. The highest BCUT2D eigenvalue weighted by Gasteiger charge is 2.35. The Morgan fingerprint density at radius 1 is 1.10 bits per heavy atom. The van der Waals surface area contributed by atoms with Gasteiger partial charge in [-0.3, -0.25) is 24.3 Å². The molecule has 29 heavy (non-hydrogen) atoms. The van der Waals surface area contributed by atoms with E-state index in [9.17, 15) is 14.4 Å². The fraction of sp³-hybridized carbons (Fsp3) is 0.500. The van der Waals surface area contributed by atoms with Crippen molar-refractivity contribution < 1.29 is 28.6 Å². The van der Waals surface area contributed by atoms with Gasteiger partial charge < -0.3 is 19.1 Å². The van der Waals surface area contributed by atoms with E-state index in [1.807, 2.05) is 0 Å². The summed E-state index contributed by atoms with van der Waals surface area (Å²) >= 11 is 0. The van der Waals surface area contributed by atoms with Crippen LogP contribution in [0.1, 0.15) is 23.2 Å². The third kappa shape index (κ3) is 4.46. The zero-order chi connectivity index (χ0) is 20.2. The minimum atomic E-state index is -0.466. The second-order valence-corrected chi connectivity index (χ2v) is 7.23. The van der Waals surface area contributed by atoms with Crippen LogP contribution >= 0.6 is 0 Å². The molecule has 4 heterocycles. The van der Waals surface area contributed by atoms with Gasteiger partial charge in [-0.2, -0.15) is 0 Å². The smallest absolute Gasteiger partial charge is 0.296 e. The number of ether oxygens (including phenoxy) is 3. The molecule has 0 radical (unpaired) electrons. The Balaban J connectivity index is 1.41. The van der Waals surface area contributed by atoms with E-state index in [0.717, 1.165) is 12.8 Å². The first kappa shape index (κ1) is 19.5. The molecule has 3 amide bonds. The largest absolute Gasteiger partial charge is 0.450 e. The normalized spacial score (nSPS) is 20.8. The van der Waals surface area contributed by atoms with Crippen molar-refractivity contribution in [3.63, 3.8) is 0 Å². The second-order valence-electron chi connectivity index (χ2n) is 7.23. The Labute approximate surface area is 168 Å². The van der Waals surface area contributed by atoms with Gasteiger partial charge in [-0.1, -0.05) is 0 Å². The van der Waals surface area contributed by atoms with E-state index < -0.39 is 5.91 Å². The number of aromatic nitrogens is 1. The summed E-state index contributed by atoms with van der Waals surface area (Å²) in [5.41, 5.74) is 0.362. The van der Waals surface area contributed by atoms with Crippen molar-refractivity contribution in [3.05, 3.63) is 35.9 Å². The predicted molar refractivity (Wildman–Crippen MR) is 99.9 cm³/mol. The molecule has 0 N–H and O–H groups in total. The molecule has 0 unspecified atom stereocenters. The summed E-state index contributed by atoms with van der Waals surface area (Å²) in [7, 11) is 0. The summed E-state index contributed by atoms with van der Waals surface area (Å²) in [4.78, 5) is 44.4. The van der Waals surface area contributed by atoms with E-state index >= 15 is 0 Å². The molecule has 1 aromatic heterocycles. The van der Waals surface area contributed by atoms with E-state index in [4.69, 9.17) is 14.2 Å². The molecule has 0 atom stereocenters. The molecular formula is C20H23N3O6. The monoisotopic (exact) mass is 401 g/mol. The molecule has 0 aliphatic carbocycles. The topological polar surface area (TPSA) is 98.3 Å². The number of pyridine rings is 1. The third-order valence-electron chi connectivity index (χ3n) is 5.24. The molecule has 0 spiro atoms. The lowest BCUT2D eigenvalue weighted by atomic mass is 10.00. The quantitative estimate of drug-likeness (QED) is 0.667. The Morgan fingerprint density at radius 3 is 2.59 bits per heavy atom. The molecule has 9 heteroatoms. The fourth-order valence-corrected chi connectivity index (χ4v) is 3.59. The first-order valence-electron chi connectivity index (χ1n) is 9.77. The predicted octanol–water partition coefficient (Wildman–Crippen LogP) is 0.612. The van der Waals surface area contributed by atoms with Gasteiger partial charge in [0.1, 0.15) is 5.75 Å². The van der Waals surface area contributed by atoms with Crippen LogP contribution in [0.5, 0.6) is 5.75 Å². The number of imide groups is 1. The van der Waals surface area contributed by atoms with E-state index in [1.54, 1.807) is 4.90 Å². The van der Waals surface area contributed by atoms with Crippen molar-refractivity contribution in [3.8, 4) is 5.75 Å². The van der Waals surface area contributed by atoms with Crippen molar-refractivity contribution in [2.75, 3.05) is 46.1 Å². The van der Waals surface area contributed by atoms with Gasteiger partial charge in [0.05, 0.1) is 31.1 Å². The molecule has 3 aliphatic rings. The molecule has 154 valence electrons. The highest BCUT2D eigenvalue weighted by Crippen LogP contribution is 2.23. The average Bonchev–Trinajstić information content (AvgIpc) is 3.02. The SMILES string of the molecule is O=C(c1cncc(OC2=CC(=O)N(CC3CCOCC3)C2=O)c1)N1CCOCC1. The molecule has 4 rings (SSSR count). The number of carbonyl (C=O) groups is 3. The van der Waals surface area contributed by atoms with Crippen LogP contribution in [0.3, 0.4) is 0 Å². The first-order chi connectivity index (χ1) is 14.1. The van der Waals surface area contributed by atoms with Gasteiger partial charge in [-0.15, -0.1) is 0 Å². The maximum atomic E-state index is 12.6. The summed E-state index contributed by atoms with van der Waals surface area (Å²) in [6.07, 6.45) is 5.71. The minimum Gasteiger partial charge on any atom is -0.450 e. The fourth-order valence-electron chi connectivity index (χ4n) is 3.59. The number of hydrogen-bond donors (Lipinski definition) is 0. The van der Waals surface area contributed by atoms with Crippen LogP contribution in [0.25, 0.3) is 0 Å². The molecule has 1 aromatic rings.